The second-order valence-corrected chi connectivity index (χ2v) is 5.78. The third-order valence-electron chi connectivity index (χ3n) is 4.92. The van der Waals surface area contributed by atoms with Crippen LogP contribution in [0.3, 0.4) is 0 Å². The Bertz CT molecular complexity index is 288. The van der Waals surface area contributed by atoms with E-state index in [-0.39, 0.29) is 5.54 Å². The van der Waals surface area contributed by atoms with E-state index in [9.17, 15) is 5.26 Å². The Morgan fingerprint density at radius 2 is 2.06 bits per heavy atom. The van der Waals surface area contributed by atoms with Gasteiger partial charge in [-0.1, -0.05) is 26.7 Å². The molecule has 1 saturated carbocycles. The number of hydrogen-bond donors (Lipinski definition) is 1. The Labute approximate surface area is 105 Å². The van der Waals surface area contributed by atoms with Crippen LogP contribution in [0, 0.1) is 23.2 Å². The summed E-state index contributed by atoms with van der Waals surface area (Å²) in [5.41, 5.74) is -0.191. The molecule has 0 aromatic heterocycles. The molecule has 1 aliphatic heterocycles. The second-order valence-electron chi connectivity index (χ2n) is 5.78. The number of rotatable bonds is 1. The van der Waals surface area contributed by atoms with E-state index in [1.165, 1.54) is 19.3 Å². The summed E-state index contributed by atoms with van der Waals surface area (Å²) < 4.78 is 0. The van der Waals surface area contributed by atoms with E-state index in [1.54, 1.807) is 0 Å². The Morgan fingerprint density at radius 1 is 1.24 bits per heavy atom. The molecule has 0 amide bonds. The number of nitrogens with zero attached hydrogens (tertiary/aromatic N) is 2. The minimum Gasteiger partial charge on any atom is -0.315 e. The molecule has 17 heavy (non-hydrogen) atoms. The van der Waals surface area contributed by atoms with Crippen LogP contribution >= 0.6 is 0 Å². The summed E-state index contributed by atoms with van der Waals surface area (Å²) >= 11 is 0. The predicted molar refractivity (Wildman–Crippen MR) is 69.6 cm³/mol. The zero-order valence-corrected chi connectivity index (χ0v) is 11.2. The summed E-state index contributed by atoms with van der Waals surface area (Å²) in [6.45, 7) is 8.84. The van der Waals surface area contributed by atoms with Gasteiger partial charge in [0, 0.05) is 19.6 Å². The van der Waals surface area contributed by atoms with Gasteiger partial charge in [0.05, 0.1) is 6.07 Å². The van der Waals surface area contributed by atoms with Crippen molar-refractivity contribution in [3.8, 4) is 6.07 Å². The van der Waals surface area contributed by atoms with E-state index in [4.69, 9.17) is 0 Å². The molecule has 0 spiro atoms. The lowest BCUT2D eigenvalue weighted by Gasteiger charge is -2.47. The highest BCUT2D eigenvalue weighted by molar-refractivity contribution is 5.14. The Balaban J connectivity index is 2.19. The predicted octanol–water partition coefficient (Wildman–Crippen LogP) is 2.00. The van der Waals surface area contributed by atoms with E-state index in [0.717, 1.165) is 32.6 Å². The first-order chi connectivity index (χ1) is 8.20. The van der Waals surface area contributed by atoms with Gasteiger partial charge in [0.15, 0.2) is 0 Å². The normalized spacial score (nSPS) is 40.5. The summed E-state index contributed by atoms with van der Waals surface area (Å²) in [6.07, 6.45) is 4.74. The zero-order valence-electron chi connectivity index (χ0n) is 11.2. The summed E-state index contributed by atoms with van der Waals surface area (Å²) in [5.74, 6) is 1.18. The molecular weight excluding hydrogens is 210 g/mol. The lowest BCUT2D eigenvalue weighted by Crippen LogP contribution is -2.56. The third kappa shape index (κ3) is 2.34. The lowest BCUT2D eigenvalue weighted by molar-refractivity contribution is 0.0304. The fourth-order valence-electron chi connectivity index (χ4n) is 3.56. The standard InChI is InChI=1S/C14H25N3/c1-12-5-3-6-14(11-15,13(12)2)17-9-4-7-16-8-10-17/h12-13,16H,3-10H2,1-2H3. The summed E-state index contributed by atoms with van der Waals surface area (Å²) in [5, 5.41) is 13.2. The van der Waals surface area contributed by atoms with Crippen LogP contribution in [0.25, 0.3) is 0 Å². The lowest BCUT2D eigenvalue weighted by atomic mass is 9.68. The first kappa shape index (κ1) is 12.9. The van der Waals surface area contributed by atoms with Gasteiger partial charge in [-0.15, -0.1) is 0 Å². The molecule has 1 aliphatic carbocycles. The van der Waals surface area contributed by atoms with Crippen molar-refractivity contribution in [2.45, 2.75) is 45.1 Å². The van der Waals surface area contributed by atoms with Gasteiger partial charge in [-0.3, -0.25) is 4.90 Å². The molecule has 2 aliphatic rings. The van der Waals surface area contributed by atoms with Gasteiger partial charge in [0.2, 0.25) is 0 Å². The SMILES string of the molecule is CC1CCCC(C#N)(N2CCCNCC2)C1C. The maximum absolute atomic E-state index is 9.76. The zero-order chi connectivity index (χ0) is 12.3. The molecule has 96 valence electrons. The minimum atomic E-state index is -0.191. The van der Waals surface area contributed by atoms with Crippen LogP contribution in [-0.4, -0.2) is 36.6 Å². The van der Waals surface area contributed by atoms with Crippen LogP contribution in [-0.2, 0) is 0 Å². The van der Waals surface area contributed by atoms with Gasteiger partial charge in [0.1, 0.15) is 5.54 Å². The maximum Gasteiger partial charge on any atom is 0.112 e. The van der Waals surface area contributed by atoms with E-state index in [0.29, 0.717) is 11.8 Å². The molecule has 1 heterocycles. The number of nitriles is 1. The van der Waals surface area contributed by atoms with Crippen LogP contribution < -0.4 is 5.32 Å². The third-order valence-corrected chi connectivity index (χ3v) is 4.92. The molecule has 0 radical (unpaired) electrons. The van der Waals surface area contributed by atoms with Crippen molar-refractivity contribution < 1.29 is 0 Å². The average Bonchev–Trinajstić information content (AvgIpc) is 2.62. The highest BCUT2D eigenvalue weighted by atomic mass is 15.2. The smallest absolute Gasteiger partial charge is 0.112 e. The molecule has 3 atom stereocenters. The van der Waals surface area contributed by atoms with Gasteiger partial charge < -0.3 is 5.32 Å². The first-order valence-electron chi connectivity index (χ1n) is 7.08. The van der Waals surface area contributed by atoms with E-state index >= 15 is 0 Å². The van der Waals surface area contributed by atoms with E-state index in [1.807, 2.05) is 0 Å². The van der Waals surface area contributed by atoms with Gasteiger partial charge in [-0.05, 0) is 31.2 Å². The fourth-order valence-corrected chi connectivity index (χ4v) is 3.56. The quantitative estimate of drug-likeness (QED) is 0.755. The van der Waals surface area contributed by atoms with Crippen molar-refractivity contribution in [3.63, 3.8) is 0 Å². The molecule has 1 saturated heterocycles. The van der Waals surface area contributed by atoms with Crippen molar-refractivity contribution >= 4 is 0 Å². The first-order valence-corrected chi connectivity index (χ1v) is 7.08. The number of nitrogens with one attached hydrogen (secondary N) is 1. The molecule has 0 aromatic carbocycles. The molecule has 2 rings (SSSR count). The molecule has 3 unspecified atom stereocenters. The second kappa shape index (κ2) is 5.37. The average molecular weight is 235 g/mol. The van der Waals surface area contributed by atoms with Crippen molar-refractivity contribution in [1.29, 1.82) is 5.26 Å². The van der Waals surface area contributed by atoms with E-state index in [2.05, 4.69) is 30.1 Å². The molecule has 0 aromatic rings. The number of hydrogen-bond acceptors (Lipinski definition) is 3. The fraction of sp³-hybridized carbons (Fsp3) is 0.929. The molecule has 2 fully saturated rings. The molecule has 1 N–H and O–H groups in total. The van der Waals surface area contributed by atoms with Crippen molar-refractivity contribution in [2.24, 2.45) is 11.8 Å². The van der Waals surface area contributed by atoms with Gasteiger partial charge in [-0.2, -0.15) is 5.26 Å². The minimum absolute atomic E-state index is 0.191. The molecular formula is C14H25N3. The van der Waals surface area contributed by atoms with Gasteiger partial charge in [-0.25, -0.2) is 0 Å². The van der Waals surface area contributed by atoms with Crippen molar-refractivity contribution in [2.75, 3.05) is 26.2 Å². The Hall–Kier alpha value is -0.590. The van der Waals surface area contributed by atoms with Crippen LogP contribution in [0.2, 0.25) is 0 Å². The van der Waals surface area contributed by atoms with Gasteiger partial charge >= 0.3 is 0 Å². The van der Waals surface area contributed by atoms with Crippen LogP contribution in [0.5, 0.6) is 0 Å². The Kier molecular flexibility index (Phi) is 4.06. The molecule has 0 bridgehead atoms. The van der Waals surface area contributed by atoms with Gasteiger partial charge in [0.25, 0.3) is 0 Å². The topological polar surface area (TPSA) is 39.1 Å². The monoisotopic (exact) mass is 235 g/mol. The van der Waals surface area contributed by atoms with E-state index < -0.39 is 0 Å². The summed E-state index contributed by atoms with van der Waals surface area (Å²) in [7, 11) is 0. The van der Waals surface area contributed by atoms with Crippen LogP contribution in [0.1, 0.15) is 39.5 Å². The highest BCUT2D eigenvalue weighted by Gasteiger charge is 2.46. The summed E-state index contributed by atoms with van der Waals surface area (Å²) in [4.78, 5) is 2.47. The Morgan fingerprint density at radius 3 is 2.82 bits per heavy atom. The molecule has 3 nitrogen and oxygen atoms in total. The molecule has 3 heteroatoms. The largest absolute Gasteiger partial charge is 0.315 e. The summed E-state index contributed by atoms with van der Waals surface area (Å²) in [6, 6.07) is 2.69. The van der Waals surface area contributed by atoms with Crippen LogP contribution in [0.4, 0.5) is 0 Å². The van der Waals surface area contributed by atoms with Crippen LogP contribution in [0.15, 0.2) is 0 Å². The van der Waals surface area contributed by atoms with Crippen molar-refractivity contribution in [3.05, 3.63) is 0 Å². The van der Waals surface area contributed by atoms with Crippen molar-refractivity contribution in [1.82, 2.24) is 10.2 Å². The highest BCUT2D eigenvalue weighted by Crippen LogP contribution is 2.41. The maximum atomic E-state index is 9.76.